The van der Waals surface area contributed by atoms with Gasteiger partial charge in [-0.15, -0.1) is 0 Å². The Kier molecular flexibility index (Phi) is 45.1. The van der Waals surface area contributed by atoms with Crippen molar-refractivity contribution in [1.82, 2.24) is 6.15 Å². The van der Waals surface area contributed by atoms with Crippen LogP contribution in [0.5, 0.6) is 0 Å². The third kappa shape index (κ3) is 46.0. The number of rotatable bonds is 32. The molecule has 0 aliphatic carbocycles. The van der Waals surface area contributed by atoms with Gasteiger partial charge in [-0.05, 0) is 24.7 Å². The smallest absolute Gasteiger partial charge is 0.305 e. The molecule has 3 heteroatoms. The molecule has 0 aromatic heterocycles. The fraction of sp³-hybridized carbons (Fsp3) is 0.975. The van der Waals surface area contributed by atoms with E-state index in [1.54, 1.807) is 0 Å². The summed E-state index contributed by atoms with van der Waals surface area (Å²) >= 11 is 0. The first-order valence-corrected chi connectivity index (χ1v) is 19.6. The lowest BCUT2D eigenvalue weighted by Crippen LogP contribution is -2.05. The average Bonchev–Trinajstić information content (AvgIpc) is 2.97. The molecule has 0 spiro atoms. The molecule has 0 bridgehead atoms. The van der Waals surface area contributed by atoms with E-state index in [2.05, 4.69) is 41.5 Å². The molecule has 0 aromatic carbocycles. The summed E-state index contributed by atoms with van der Waals surface area (Å²) in [7, 11) is 0. The van der Waals surface area contributed by atoms with Crippen molar-refractivity contribution >= 4 is 5.97 Å². The van der Waals surface area contributed by atoms with Gasteiger partial charge in [0.25, 0.3) is 0 Å². The Balaban J connectivity index is -0.00000205. The maximum Gasteiger partial charge on any atom is 0.305 e. The van der Waals surface area contributed by atoms with Crippen LogP contribution in [0.2, 0.25) is 0 Å². The predicted octanol–water partition coefficient (Wildman–Crippen LogP) is 14.7. The molecule has 0 atom stereocenters. The van der Waals surface area contributed by atoms with Crippen LogP contribution >= 0.6 is 0 Å². The molecule has 0 unspecified atom stereocenters. The Morgan fingerprint density at radius 3 is 0.884 bits per heavy atom. The van der Waals surface area contributed by atoms with Crippen molar-refractivity contribution in [1.29, 1.82) is 0 Å². The number of carbonyl (C=O) groups excluding carboxylic acids is 1. The van der Waals surface area contributed by atoms with Gasteiger partial charge in [-0.25, -0.2) is 0 Å². The summed E-state index contributed by atoms with van der Waals surface area (Å²) in [5.74, 6) is 1.73. The van der Waals surface area contributed by atoms with Crippen LogP contribution < -0.4 is 6.15 Å². The van der Waals surface area contributed by atoms with E-state index in [4.69, 9.17) is 4.74 Å². The average molecular weight is 612 g/mol. The highest BCUT2D eigenvalue weighted by Gasteiger charge is 2.03. The van der Waals surface area contributed by atoms with Crippen molar-refractivity contribution in [3.8, 4) is 0 Å². The highest BCUT2D eigenvalue weighted by Crippen LogP contribution is 2.15. The molecule has 0 heterocycles. The van der Waals surface area contributed by atoms with Gasteiger partial charge in [-0.3, -0.25) is 4.79 Å². The third-order valence-electron chi connectivity index (χ3n) is 9.08. The van der Waals surface area contributed by atoms with Gasteiger partial charge in [0, 0.05) is 6.42 Å². The van der Waals surface area contributed by atoms with Gasteiger partial charge in [0.15, 0.2) is 0 Å². The van der Waals surface area contributed by atoms with Gasteiger partial charge in [-0.1, -0.05) is 215 Å². The van der Waals surface area contributed by atoms with Crippen LogP contribution in [-0.4, -0.2) is 12.6 Å². The largest absolute Gasteiger partial charge is 0.466 e. The van der Waals surface area contributed by atoms with Gasteiger partial charge in [-0.2, -0.15) is 0 Å². The molecule has 262 valence electrons. The van der Waals surface area contributed by atoms with Gasteiger partial charge in [0.1, 0.15) is 0 Å². The molecule has 43 heavy (non-hydrogen) atoms. The first-order chi connectivity index (χ1) is 20.5. The van der Waals surface area contributed by atoms with Crippen molar-refractivity contribution in [2.45, 2.75) is 234 Å². The molecule has 3 N–H and O–H groups in total. The van der Waals surface area contributed by atoms with Gasteiger partial charge < -0.3 is 10.9 Å². The quantitative estimate of drug-likeness (QED) is 0.0608. The number of esters is 1. The number of hydrogen-bond donors (Lipinski definition) is 1. The Morgan fingerprint density at radius 2 is 0.628 bits per heavy atom. The normalized spacial score (nSPS) is 11.0. The Labute approximate surface area is 273 Å². The van der Waals surface area contributed by atoms with Crippen LogP contribution in [-0.2, 0) is 9.53 Å². The third-order valence-corrected chi connectivity index (χ3v) is 9.08. The van der Waals surface area contributed by atoms with E-state index in [-0.39, 0.29) is 12.1 Å². The zero-order valence-corrected chi connectivity index (χ0v) is 31.1. The molecule has 0 aliphatic rings. The monoisotopic (exact) mass is 612 g/mol. The summed E-state index contributed by atoms with van der Waals surface area (Å²) < 4.78 is 5.43. The van der Waals surface area contributed by atoms with Crippen molar-refractivity contribution in [3.05, 3.63) is 0 Å². The van der Waals surface area contributed by atoms with E-state index in [1.165, 1.54) is 173 Å². The minimum Gasteiger partial charge on any atom is -0.466 e. The summed E-state index contributed by atoms with van der Waals surface area (Å²) in [6.45, 7) is 14.2. The summed E-state index contributed by atoms with van der Waals surface area (Å²) in [5, 5.41) is 0. The maximum atomic E-state index is 11.9. The standard InChI is InChI=1S/C34H68O2.C6H14.H3N/c1-3-5-7-9-11-13-15-17-19-20-22-24-26-28-30-32-34(35)36-33-31-29-27-25-23-21-18-16-14-12-10-8-6-4-2;1-5(2)6(3)4;/h3-33H2,1-2H3;5-6H,1-4H3;1H3. The van der Waals surface area contributed by atoms with E-state index in [9.17, 15) is 4.79 Å². The van der Waals surface area contributed by atoms with Crippen molar-refractivity contribution in [3.63, 3.8) is 0 Å². The zero-order valence-electron chi connectivity index (χ0n) is 31.1. The Hall–Kier alpha value is -0.570. The predicted molar refractivity (Wildman–Crippen MR) is 196 cm³/mol. The van der Waals surface area contributed by atoms with Crippen LogP contribution in [0.15, 0.2) is 0 Å². The molecule has 0 saturated carbocycles. The summed E-state index contributed by atoms with van der Waals surface area (Å²) in [4.78, 5) is 11.9. The first kappa shape index (κ1) is 46.8. The summed E-state index contributed by atoms with van der Waals surface area (Å²) in [6, 6.07) is 0. The Morgan fingerprint density at radius 1 is 0.395 bits per heavy atom. The lowest BCUT2D eigenvalue weighted by atomic mass is 10.0. The topological polar surface area (TPSA) is 61.3 Å². The van der Waals surface area contributed by atoms with Gasteiger partial charge >= 0.3 is 5.97 Å². The number of ether oxygens (including phenoxy) is 1. The van der Waals surface area contributed by atoms with E-state index < -0.39 is 0 Å². The lowest BCUT2D eigenvalue weighted by Gasteiger charge is -2.06. The van der Waals surface area contributed by atoms with E-state index in [0.29, 0.717) is 13.0 Å². The number of carbonyl (C=O) groups is 1. The van der Waals surface area contributed by atoms with Crippen LogP contribution in [0.3, 0.4) is 0 Å². The fourth-order valence-electron chi connectivity index (χ4n) is 5.20. The number of unbranched alkanes of at least 4 members (excludes halogenated alkanes) is 27. The second-order valence-corrected chi connectivity index (χ2v) is 14.0. The molecule has 0 aliphatic heterocycles. The van der Waals surface area contributed by atoms with E-state index in [1.807, 2.05) is 0 Å². The van der Waals surface area contributed by atoms with E-state index >= 15 is 0 Å². The van der Waals surface area contributed by atoms with Crippen molar-refractivity contribution in [2.24, 2.45) is 11.8 Å². The maximum absolute atomic E-state index is 11.9. The van der Waals surface area contributed by atoms with Crippen LogP contribution in [0.4, 0.5) is 0 Å². The second kappa shape index (κ2) is 41.4. The minimum atomic E-state index is 0. The van der Waals surface area contributed by atoms with Crippen molar-refractivity contribution in [2.75, 3.05) is 6.61 Å². The summed E-state index contributed by atoms with van der Waals surface area (Å²) in [5.41, 5.74) is 0. The van der Waals surface area contributed by atoms with Crippen LogP contribution in [0.25, 0.3) is 0 Å². The number of hydrogen-bond acceptors (Lipinski definition) is 3. The molecule has 0 amide bonds. The van der Waals surface area contributed by atoms with Crippen LogP contribution in [0.1, 0.15) is 234 Å². The van der Waals surface area contributed by atoms with Gasteiger partial charge in [0.05, 0.1) is 6.61 Å². The van der Waals surface area contributed by atoms with E-state index in [0.717, 1.165) is 24.7 Å². The molecule has 0 aromatic rings. The minimum absolute atomic E-state index is 0. The summed E-state index contributed by atoms with van der Waals surface area (Å²) in [6.07, 6.45) is 40.1. The molecule has 0 fully saturated rings. The van der Waals surface area contributed by atoms with Gasteiger partial charge in [0.2, 0.25) is 0 Å². The highest BCUT2D eigenvalue weighted by atomic mass is 16.5. The zero-order chi connectivity index (χ0) is 31.4. The molecular formula is C40H85NO2. The fourth-order valence-corrected chi connectivity index (χ4v) is 5.20. The molecule has 0 rings (SSSR count). The molecule has 0 radical (unpaired) electrons. The molecule has 3 nitrogen and oxygen atoms in total. The first-order valence-electron chi connectivity index (χ1n) is 19.6. The SMILES string of the molecule is CC(C)C(C)C.CCCCCCCCCCCCCCCCCC(=O)OCCCCCCCCCCCCCCCC.N. The highest BCUT2D eigenvalue weighted by molar-refractivity contribution is 5.69. The Bertz CT molecular complexity index is 449. The van der Waals surface area contributed by atoms with Crippen molar-refractivity contribution < 1.29 is 9.53 Å². The molecule has 0 saturated heterocycles. The van der Waals surface area contributed by atoms with Crippen LogP contribution in [0, 0.1) is 11.8 Å². The molecular weight excluding hydrogens is 526 g/mol. The lowest BCUT2D eigenvalue weighted by molar-refractivity contribution is -0.143. The second-order valence-electron chi connectivity index (χ2n) is 14.0.